The lowest BCUT2D eigenvalue weighted by molar-refractivity contribution is -0.893. The third-order valence-electron chi connectivity index (χ3n) is 5.68. The van der Waals surface area contributed by atoms with Crippen molar-refractivity contribution < 1.29 is 14.3 Å². The molecule has 0 rings (SSSR count). The molecular weight excluding hydrogens is 366 g/mol. The molecule has 170 valence electrons. The van der Waals surface area contributed by atoms with Crippen molar-refractivity contribution in [2.75, 3.05) is 52.4 Å². The summed E-state index contributed by atoms with van der Waals surface area (Å²) in [5, 5.41) is 9.15. The lowest BCUT2D eigenvalue weighted by Crippen LogP contribution is -2.48. The summed E-state index contributed by atoms with van der Waals surface area (Å²) in [6.45, 7) is 4.31. The maximum absolute atomic E-state index is 9.15. The number of ether oxygens (including phenoxy) is 1. The Bertz CT molecular complexity index is 313. The number of likely N-dealkylation sites (N-methyl/N-ethyl adjacent to an activating group) is 1. The molecule has 28 heavy (non-hydrogen) atoms. The van der Waals surface area contributed by atoms with E-state index in [1.165, 1.54) is 95.6 Å². The standard InChI is InChI=1S/C24H52NO2S/c1-5-6-7-8-9-10-11-12-13-14-15-16-17-18-21-28-23-24(27-4)22-25(2,3)19-20-26/h24,26H,5-23H2,1-4H3/q+1. The molecule has 0 aliphatic heterocycles. The predicted molar refractivity (Wildman–Crippen MR) is 127 cm³/mol. The van der Waals surface area contributed by atoms with Crippen molar-refractivity contribution in [2.45, 2.75) is 103 Å². The van der Waals surface area contributed by atoms with Crippen LogP contribution < -0.4 is 0 Å². The fraction of sp³-hybridized carbons (Fsp3) is 1.00. The number of quaternary nitrogens is 1. The molecule has 3 nitrogen and oxygen atoms in total. The van der Waals surface area contributed by atoms with E-state index >= 15 is 0 Å². The van der Waals surface area contributed by atoms with E-state index in [-0.39, 0.29) is 12.7 Å². The van der Waals surface area contributed by atoms with Crippen LogP contribution in [0.3, 0.4) is 0 Å². The highest BCUT2D eigenvalue weighted by atomic mass is 32.2. The van der Waals surface area contributed by atoms with Gasteiger partial charge in [-0.15, -0.1) is 0 Å². The van der Waals surface area contributed by atoms with Crippen LogP contribution in [0.2, 0.25) is 0 Å². The summed E-state index contributed by atoms with van der Waals surface area (Å²) in [4.78, 5) is 0. The minimum Gasteiger partial charge on any atom is -0.391 e. The van der Waals surface area contributed by atoms with E-state index in [9.17, 15) is 0 Å². The molecular formula is C24H52NO2S+. The largest absolute Gasteiger partial charge is 0.391 e. The SMILES string of the molecule is CCCCCCCCCCCCCCCCSCC(C[N+](C)(C)CCO)OC. The zero-order valence-electron chi connectivity index (χ0n) is 19.7. The third kappa shape index (κ3) is 19.5. The van der Waals surface area contributed by atoms with Crippen molar-refractivity contribution in [1.29, 1.82) is 0 Å². The number of hydrogen-bond acceptors (Lipinski definition) is 3. The number of thioether (sulfide) groups is 1. The van der Waals surface area contributed by atoms with Gasteiger partial charge in [0, 0.05) is 12.9 Å². The number of aliphatic hydroxyl groups is 1. The van der Waals surface area contributed by atoms with Crippen molar-refractivity contribution in [3.8, 4) is 0 Å². The average Bonchev–Trinajstić information content (AvgIpc) is 2.66. The van der Waals surface area contributed by atoms with Gasteiger partial charge in [0.1, 0.15) is 19.2 Å². The van der Waals surface area contributed by atoms with Gasteiger partial charge >= 0.3 is 0 Å². The van der Waals surface area contributed by atoms with E-state index in [0.29, 0.717) is 0 Å². The fourth-order valence-electron chi connectivity index (χ4n) is 3.72. The van der Waals surface area contributed by atoms with Gasteiger partial charge in [0.2, 0.25) is 0 Å². The number of unbranched alkanes of at least 4 members (excludes halogenated alkanes) is 13. The van der Waals surface area contributed by atoms with Gasteiger partial charge < -0.3 is 14.3 Å². The van der Waals surface area contributed by atoms with Crippen LogP contribution in [0, 0.1) is 0 Å². The van der Waals surface area contributed by atoms with Crippen LogP contribution in [0.15, 0.2) is 0 Å². The Labute approximate surface area is 181 Å². The van der Waals surface area contributed by atoms with Gasteiger partial charge in [-0.2, -0.15) is 11.8 Å². The molecule has 0 aliphatic rings. The molecule has 0 bridgehead atoms. The monoisotopic (exact) mass is 418 g/mol. The zero-order valence-corrected chi connectivity index (χ0v) is 20.5. The topological polar surface area (TPSA) is 29.5 Å². The van der Waals surface area contributed by atoms with Crippen LogP contribution in [0.25, 0.3) is 0 Å². The van der Waals surface area contributed by atoms with E-state index < -0.39 is 0 Å². The zero-order chi connectivity index (χ0) is 20.9. The molecule has 1 N–H and O–H groups in total. The predicted octanol–water partition coefficient (Wildman–Crippen LogP) is 6.28. The summed E-state index contributed by atoms with van der Waals surface area (Å²) in [6.07, 6.45) is 20.2. The molecule has 0 amide bonds. The number of hydrogen-bond donors (Lipinski definition) is 1. The maximum atomic E-state index is 9.15. The molecule has 0 spiro atoms. The Morgan fingerprint density at radius 1 is 0.786 bits per heavy atom. The summed E-state index contributed by atoms with van der Waals surface area (Å²) in [5.74, 6) is 2.33. The third-order valence-corrected chi connectivity index (χ3v) is 6.87. The molecule has 0 aromatic heterocycles. The second-order valence-corrected chi connectivity index (χ2v) is 10.2. The molecule has 1 atom stereocenters. The smallest absolute Gasteiger partial charge is 0.115 e. The van der Waals surface area contributed by atoms with E-state index in [4.69, 9.17) is 9.84 Å². The highest BCUT2D eigenvalue weighted by Gasteiger charge is 2.21. The van der Waals surface area contributed by atoms with Crippen molar-refractivity contribution in [3.05, 3.63) is 0 Å². The van der Waals surface area contributed by atoms with Crippen LogP contribution in [0.5, 0.6) is 0 Å². The highest BCUT2D eigenvalue weighted by molar-refractivity contribution is 7.99. The van der Waals surface area contributed by atoms with Crippen LogP contribution >= 0.6 is 11.8 Å². The number of aliphatic hydroxyl groups excluding tert-OH is 1. The van der Waals surface area contributed by atoms with E-state index in [1.807, 2.05) is 18.9 Å². The molecule has 0 aromatic rings. The minimum atomic E-state index is 0.246. The van der Waals surface area contributed by atoms with Gasteiger partial charge in [-0.25, -0.2) is 0 Å². The molecule has 0 saturated heterocycles. The van der Waals surface area contributed by atoms with Crippen LogP contribution in [0.1, 0.15) is 96.8 Å². The van der Waals surface area contributed by atoms with Crippen LogP contribution in [-0.4, -0.2) is 68.1 Å². The Morgan fingerprint density at radius 2 is 1.25 bits per heavy atom. The summed E-state index contributed by atoms with van der Waals surface area (Å²) >= 11 is 2.03. The second-order valence-electron chi connectivity index (χ2n) is 9.09. The normalized spacial score (nSPS) is 13.2. The maximum Gasteiger partial charge on any atom is 0.115 e. The highest BCUT2D eigenvalue weighted by Crippen LogP contribution is 2.15. The fourth-order valence-corrected chi connectivity index (χ4v) is 4.80. The van der Waals surface area contributed by atoms with Gasteiger partial charge in [-0.1, -0.05) is 90.4 Å². The van der Waals surface area contributed by atoms with Crippen molar-refractivity contribution in [1.82, 2.24) is 0 Å². The molecule has 4 heteroatoms. The molecule has 0 aliphatic carbocycles. The van der Waals surface area contributed by atoms with Gasteiger partial charge in [0.15, 0.2) is 0 Å². The molecule has 0 saturated carbocycles. The first-order valence-corrected chi connectivity index (χ1v) is 13.2. The van der Waals surface area contributed by atoms with Crippen molar-refractivity contribution >= 4 is 11.8 Å². The van der Waals surface area contributed by atoms with E-state index in [0.717, 1.165) is 23.3 Å². The first-order valence-electron chi connectivity index (χ1n) is 12.1. The van der Waals surface area contributed by atoms with Gasteiger partial charge in [-0.3, -0.25) is 0 Å². The summed E-state index contributed by atoms with van der Waals surface area (Å²) in [5.41, 5.74) is 0. The Balaban J connectivity index is 3.34. The first kappa shape index (κ1) is 28.2. The molecule has 1 unspecified atom stereocenters. The van der Waals surface area contributed by atoms with Gasteiger partial charge in [0.05, 0.1) is 20.7 Å². The average molecular weight is 419 g/mol. The van der Waals surface area contributed by atoms with Crippen molar-refractivity contribution in [3.63, 3.8) is 0 Å². The van der Waals surface area contributed by atoms with Crippen LogP contribution in [-0.2, 0) is 4.74 Å². The Kier molecular flexibility index (Phi) is 20.7. The molecule has 0 radical (unpaired) electrons. The molecule has 0 aromatic carbocycles. The molecule has 0 heterocycles. The van der Waals surface area contributed by atoms with Gasteiger partial charge in [0.25, 0.3) is 0 Å². The number of methoxy groups -OCH3 is 1. The summed E-state index contributed by atoms with van der Waals surface area (Å²) < 4.78 is 6.47. The Hall–Kier alpha value is 0.230. The lowest BCUT2D eigenvalue weighted by Gasteiger charge is -2.32. The van der Waals surface area contributed by atoms with Crippen molar-refractivity contribution in [2.24, 2.45) is 0 Å². The quantitative estimate of drug-likeness (QED) is 0.166. The summed E-state index contributed by atoms with van der Waals surface area (Å²) in [6, 6.07) is 0. The van der Waals surface area contributed by atoms with E-state index in [1.54, 1.807) is 0 Å². The first-order chi connectivity index (χ1) is 13.6. The Morgan fingerprint density at radius 3 is 1.68 bits per heavy atom. The summed E-state index contributed by atoms with van der Waals surface area (Å²) in [7, 11) is 6.15. The number of nitrogens with zero attached hydrogens (tertiary/aromatic N) is 1. The van der Waals surface area contributed by atoms with Gasteiger partial charge in [-0.05, 0) is 12.2 Å². The minimum absolute atomic E-state index is 0.246. The molecule has 0 fully saturated rings. The number of rotatable bonds is 22. The second kappa shape index (κ2) is 20.5. The van der Waals surface area contributed by atoms with E-state index in [2.05, 4.69) is 21.0 Å². The van der Waals surface area contributed by atoms with Crippen LogP contribution in [0.4, 0.5) is 0 Å². The lowest BCUT2D eigenvalue weighted by atomic mass is 10.0.